The molecule has 184 valence electrons. The first-order valence-electron chi connectivity index (χ1n) is 12.2. The second kappa shape index (κ2) is 10.8. The van der Waals surface area contributed by atoms with Gasteiger partial charge in [-0.2, -0.15) is 4.98 Å². The molecule has 2 atom stereocenters. The Morgan fingerprint density at radius 2 is 1.67 bits per heavy atom. The maximum Gasteiger partial charge on any atom is 0.229 e. The van der Waals surface area contributed by atoms with Crippen molar-refractivity contribution in [1.82, 2.24) is 35.1 Å². The first-order chi connectivity index (χ1) is 17.5. The van der Waals surface area contributed by atoms with Crippen molar-refractivity contribution in [2.24, 2.45) is 0 Å². The number of hydrogen-bond acceptors (Lipinski definition) is 9. The Balaban J connectivity index is 1.23. The molecule has 3 N–H and O–H groups in total. The summed E-state index contributed by atoms with van der Waals surface area (Å²) in [6, 6.07) is 18.9. The van der Waals surface area contributed by atoms with Crippen molar-refractivity contribution in [1.29, 1.82) is 0 Å². The third-order valence-electron chi connectivity index (χ3n) is 6.17. The van der Waals surface area contributed by atoms with Gasteiger partial charge in [0.05, 0.1) is 0 Å². The monoisotopic (exact) mass is 481 g/mol. The van der Waals surface area contributed by atoms with E-state index >= 15 is 0 Å². The van der Waals surface area contributed by atoms with E-state index in [4.69, 9.17) is 0 Å². The maximum absolute atomic E-state index is 4.59. The van der Waals surface area contributed by atoms with Crippen LogP contribution in [0, 0.1) is 6.92 Å². The molecular formula is C27H31N9. The SMILES string of the molecule is Cc1cccc(-c2nccc(Nc3ccnc(Nc4ccc(CN5C[C@H](C)NC[C@H]5C)cc4)n3)n2)n1. The van der Waals surface area contributed by atoms with Crippen molar-refractivity contribution in [2.75, 3.05) is 23.7 Å². The summed E-state index contributed by atoms with van der Waals surface area (Å²) >= 11 is 0. The Hall–Kier alpha value is -3.95. The molecule has 1 aliphatic heterocycles. The van der Waals surface area contributed by atoms with Gasteiger partial charge in [0.25, 0.3) is 0 Å². The van der Waals surface area contributed by atoms with Gasteiger partial charge in [-0.05, 0) is 62.7 Å². The first kappa shape index (κ1) is 23.8. The highest BCUT2D eigenvalue weighted by atomic mass is 15.2. The van der Waals surface area contributed by atoms with E-state index in [0.29, 0.717) is 35.5 Å². The highest BCUT2D eigenvalue weighted by molar-refractivity contribution is 5.59. The minimum atomic E-state index is 0.506. The summed E-state index contributed by atoms with van der Waals surface area (Å²) in [7, 11) is 0. The van der Waals surface area contributed by atoms with Crippen LogP contribution in [-0.4, -0.2) is 55.0 Å². The number of rotatable bonds is 7. The number of benzene rings is 1. The normalized spacial score (nSPS) is 18.1. The molecular weight excluding hydrogens is 450 g/mol. The second-order valence-electron chi connectivity index (χ2n) is 9.23. The number of hydrogen-bond donors (Lipinski definition) is 3. The lowest BCUT2D eigenvalue weighted by Gasteiger charge is -2.37. The van der Waals surface area contributed by atoms with E-state index in [-0.39, 0.29) is 0 Å². The minimum Gasteiger partial charge on any atom is -0.325 e. The van der Waals surface area contributed by atoms with Crippen LogP contribution in [0.15, 0.2) is 67.0 Å². The summed E-state index contributed by atoms with van der Waals surface area (Å²) in [6.45, 7) is 9.49. The van der Waals surface area contributed by atoms with E-state index in [2.05, 4.69) is 83.9 Å². The number of anilines is 4. The predicted molar refractivity (Wildman–Crippen MR) is 142 cm³/mol. The molecule has 1 saturated heterocycles. The van der Waals surface area contributed by atoms with Gasteiger partial charge in [0, 0.05) is 55.5 Å². The molecule has 3 aromatic heterocycles. The molecule has 4 heterocycles. The van der Waals surface area contributed by atoms with Gasteiger partial charge in [0.1, 0.15) is 17.3 Å². The van der Waals surface area contributed by atoms with E-state index in [1.54, 1.807) is 24.5 Å². The fourth-order valence-corrected chi connectivity index (χ4v) is 4.21. The molecule has 4 aromatic rings. The zero-order valence-electron chi connectivity index (χ0n) is 20.8. The molecule has 0 spiro atoms. The van der Waals surface area contributed by atoms with E-state index in [1.807, 2.05) is 25.1 Å². The molecule has 0 unspecified atom stereocenters. The Kier molecular flexibility index (Phi) is 7.11. The van der Waals surface area contributed by atoms with Crippen molar-refractivity contribution >= 4 is 23.3 Å². The summed E-state index contributed by atoms with van der Waals surface area (Å²) in [5.41, 5.74) is 3.88. The summed E-state index contributed by atoms with van der Waals surface area (Å²) in [5.74, 6) is 2.33. The topological polar surface area (TPSA) is 104 Å². The van der Waals surface area contributed by atoms with Crippen LogP contribution >= 0.6 is 0 Å². The van der Waals surface area contributed by atoms with Crippen molar-refractivity contribution in [3.63, 3.8) is 0 Å². The average molecular weight is 482 g/mol. The standard InChI is InChI=1S/C27H31N9/c1-18-5-4-6-23(31-18)26-28-13-11-24(34-26)33-25-12-14-29-27(35-25)32-22-9-7-21(8-10-22)17-36-16-19(2)30-15-20(36)3/h4-14,19-20,30H,15-17H2,1-3H3,(H2,28,29,32,33,34,35)/t19-,20+/m0/s1. The van der Waals surface area contributed by atoms with E-state index in [1.165, 1.54) is 5.56 Å². The summed E-state index contributed by atoms with van der Waals surface area (Å²) < 4.78 is 0. The first-order valence-corrected chi connectivity index (χ1v) is 12.2. The van der Waals surface area contributed by atoms with E-state index in [9.17, 15) is 0 Å². The van der Waals surface area contributed by atoms with Gasteiger partial charge in [0.2, 0.25) is 5.95 Å². The Morgan fingerprint density at radius 3 is 2.47 bits per heavy atom. The molecule has 0 amide bonds. The molecule has 1 fully saturated rings. The fourth-order valence-electron chi connectivity index (χ4n) is 4.21. The maximum atomic E-state index is 4.59. The zero-order chi connectivity index (χ0) is 24.9. The fraction of sp³-hybridized carbons (Fsp3) is 0.296. The van der Waals surface area contributed by atoms with Gasteiger partial charge >= 0.3 is 0 Å². The molecule has 1 aliphatic rings. The van der Waals surface area contributed by atoms with Crippen LogP contribution in [0.3, 0.4) is 0 Å². The van der Waals surface area contributed by atoms with Gasteiger partial charge in [-0.3, -0.25) is 4.90 Å². The van der Waals surface area contributed by atoms with E-state index < -0.39 is 0 Å². The number of nitrogens with zero attached hydrogens (tertiary/aromatic N) is 6. The van der Waals surface area contributed by atoms with E-state index in [0.717, 1.165) is 36.7 Å². The van der Waals surface area contributed by atoms with Crippen LogP contribution in [-0.2, 0) is 6.54 Å². The van der Waals surface area contributed by atoms with Crippen molar-refractivity contribution < 1.29 is 0 Å². The number of nitrogens with one attached hydrogen (secondary N) is 3. The van der Waals surface area contributed by atoms with Gasteiger partial charge in [-0.25, -0.2) is 19.9 Å². The van der Waals surface area contributed by atoms with Crippen LogP contribution in [0.25, 0.3) is 11.5 Å². The third-order valence-corrected chi connectivity index (χ3v) is 6.17. The summed E-state index contributed by atoms with van der Waals surface area (Å²) in [4.78, 5) is 24.9. The number of aromatic nitrogens is 5. The van der Waals surface area contributed by atoms with Gasteiger partial charge in [-0.1, -0.05) is 18.2 Å². The molecule has 0 aliphatic carbocycles. The van der Waals surface area contributed by atoms with Gasteiger partial charge < -0.3 is 16.0 Å². The molecule has 9 heteroatoms. The van der Waals surface area contributed by atoms with Crippen molar-refractivity contribution in [3.8, 4) is 11.5 Å². The lowest BCUT2D eigenvalue weighted by atomic mass is 10.1. The molecule has 0 radical (unpaired) electrons. The average Bonchev–Trinajstić information content (AvgIpc) is 2.88. The van der Waals surface area contributed by atoms with Gasteiger partial charge in [0.15, 0.2) is 5.82 Å². The lowest BCUT2D eigenvalue weighted by molar-refractivity contribution is 0.139. The van der Waals surface area contributed by atoms with Crippen LogP contribution in [0.2, 0.25) is 0 Å². The highest BCUT2D eigenvalue weighted by Gasteiger charge is 2.22. The predicted octanol–water partition coefficient (Wildman–Crippen LogP) is 4.31. The molecule has 0 bridgehead atoms. The van der Waals surface area contributed by atoms with Crippen LogP contribution in [0.4, 0.5) is 23.3 Å². The largest absolute Gasteiger partial charge is 0.325 e. The summed E-state index contributed by atoms with van der Waals surface area (Å²) in [6.07, 6.45) is 3.42. The zero-order valence-corrected chi connectivity index (χ0v) is 20.8. The molecule has 9 nitrogen and oxygen atoms in total. The second-order valence-corrected chi connectivity index (χ2v) is 9.23. The molecule has 5 rings (SSSR count). The quantitative estimate of drug-likeness (QED) is 0.356. The third kappa shape index (κ3) is 5.99. The number of piperazine rings is 1. The number of pyridine rings is 1. The Bertz CT molecular complexity index is 1310. The van der Waals surface area contributed by atoms with Crippen LogP contribution in [0.1, 0.15) is 25.1 Å². The van der Waals surface area contributed by atoms with Crippen molar-refractivity contribution in [3.05, 3.63) is 78.2 Å². The lowest BCUT2D eigenvalue weighted by Crippen LogP contribution is -2.53. The Morgan fingerprint density at radius 1 is 0.889 bits per heavy atom. The molecule has 0 saturated carbocycles. The smallest absolute Gasteiger partial charge is 0.229 e. The highest BCUT2D eigenvalue weighted by Crippen LogP contribution is 2.20. The summed E-state index contributed by atoms with van der Waals surface area (Å²) in [5, 5.41) is 10.1. The number of aryl methyl sites for hydroxylation is 1. The van der Waals surface area contributed by atoms with Gasteiger partial charge in [-0.15, -0.1) is 0 Å². The minimum absolute atomic E-state index is 0.506. The van der Waals surface area contributed by atoms with Crippen molar-refractivity contribution in [2.45, 2.75) is 39.4 Å². The van der Waals surface area contributed by atoms with Crippen LogP contribution in [0.5, 0.6) is 0 Å². The molecule has 1 aromatic carbocycles. The van der Waals surface area contributed by atoms with Crippen LogP contribution < -0.4 is 16.0 Å². The Labute approximate surface area is 211 Å². The molecule has 36 heavy (non-hydrogen) atoms.